The Labute approximate surface area is 138 Å². The van der Waals surface area contributed by atoms with Crippen LogP contribution in [0.3, 0.4) is 0 Å². The summed E-state index contributed by atoms with van der Waals surface area (Å²) >= 11 is 3.60. The van der Waals surface area contributed by atoms with Gasteiger partial charge in [-0.15, -0.1) is 0 Å². The van der Waals surface area contributed by atoms with Crippen LogP contribution in [0.4, 0.5) is 5.69 Å². The normalized spacial score (nSPS) is 22.7. The standard InChI is InChI=1S/C17H18BrNO3/c1-8-6-13-16(15(18)10(8)3)22-17(19-13)7-9(2)21-12(5)14(17)11(4)20/h6-7,19H,1-5H3/t17-/m1/s1. The Bertz CT molecular complexity index is 764. The number of carbonyl (C=O) groups is 1. The number of benzene rings is 1. The van der Waals surface area contributed by atoms with Gasteiger partial charge in [0.2, 0.25) is 5.72 Å². The predicted octanol–water partition coefficient (Wildman–Crippen LogP) is 4.36. The van der Waals surface area contributed by atoms with Gasteiger partial charge in [-0.05, 0) is 67.7 Å². The summed E-state index contributed by atoms with van der Waals surface area (Å²) < 4.78 is 12.7. The van der Waals surface area contributed by atoms with Crippen LogP contribution in [-0.4, -0.2) is 11.5 Å². The Hall–Kier alpha value is -1.75. The smallest absolute Gasteiger partial charge is 0.237 e. The van der Waals surface area contributed by atoms with E-state index in [1.54, 1.807) is 6.92 Å². The number of rotatable bonds is 1. The second-order valence-corrected chi connectivity index (χ2v) is 6.61. The average Bonchev–Trinajstić information content (AvgIpc) is 2.73. The van der Waals surface area contributed by atoms with Crippen molar-refractivity contribution in [1.82, 2.24) is 0 Å². The maximum absolute atomic E-state index is 12.1. The van der Waals surface area contributed by atoms with Crippen molar-refractivity contribution in [2.24, 2.45) is 0 Å². The molecule has 1 aromatic carbocycles. The topological polar surface area (TPSA) is 47.6 Å². The average molecular weight is 364 g/mol. The second-order valence-electron chi connectivity index (χ2n) is 5.82. The first-order valence-corrected chi connectivity index (χ1v) is 7.91. The first-order chi connectivity index (χ1) is 10.2. The number of aryl methyl sites for hydroxylation is 1. The summed E-state index contributed by atoms with van der Waals surface area (Å²) in [5, 5.41) is 3.36. The number of nitrogens with one attached hydrogen (secondary N) is 1. The van der Waals surface area contributed by atoms with E-state index in [1.165, 1.54) is 6.92 Å². The second kappa shape index (κ2) is 4.88. The molecule has 4 nitrogen and oxygen atoms in total. The first kappa shape index (κ1) is 15.2. The minimum absolute atomic E-state index is 0.0777. The quantitative estimate of drug-likeness (QED) is 0.804. The van der Waals surface area contributed by atoms with Crippen LogP contribution < -0.4 is 10.1 Å². The highest BCUT2D eigenvalue weighted by molar-refractivity contribution is 9.10. The highest BCUT2D eigenvalue weighted by Crippen LogP contribution is 2.49. The van der Waals surface area contributed by atoms with Crippen molar-refractivity contribution in [1.29, 1.82) is 0 Å². The number of hydrogen-bond donors (Lipinski definition) is 1. The molecule has 0 saturated carbocycles. The molecule has 2 heterocycles. The summed E-state index contributed by atoms with van der Waals surface area (Å²) in [4.78, 5) is 12.1. The van der Waals surface area contributed by atoms with E-state index in [2.05, 4.69) is 21.2 Å². The van der Waals surface area contributed by atoms with Crippen LogP contribution in [0.25, 0.3) is 0 Å². The van der Waals surface area contributed by atoms with Crippen LogP contribution in [0, 0.1) is 13.8 Å². The van der Waals surface area contributed by atoms with E-state index in [9.17, 15) is 4.79 Å². The van der Waals surface area contributed by atoms with Gasteiger partial charge < -0.3 is 14.8 Å². The molecule has 0 radical (unpaired) electrons. The zero-order valence-corrected chi connectivity index (χ0v) is 14.8. The number of fused-ring (bicyclic) bond motifs is 1. The third-order valence-electron chi connectivity index (χ3n) is 4.11. The Morgan fingerprint density at radius 3 is 2.59 bits per heavy atom. The highest BCUT2D eigenvalue weighted by atomic mass is 79.9. The lowest BCUT2D eigenvalue weighted by Gasteiger charge is -2.32. The van der Waals surface area contributed by atoms with Crippen LogP contribution in [0.2, 0.25) is 0 Å². The van der Waals surface area contributed by atoms with E-state index in [1.807, 2.05) is 32.9 Å². The van der Waals surface area contributed by atoms with Gasteiger partial charge in [-0.25, -0.2) is 0 Å². The van der Waals surface area contributed by atoms with Gasteiger partial charge in [0.1, 0.15) is 17.1 Å². The number of anilines is 1. The third-order valence-corrected chi connectivity index (χ3v) is 5.06. The number of allylic oxidation sites excluding steroid dienone is 2. The van der Waals surface area contributed by atoms with Gasteiger partial charge in [-0.2, -0.15) is 0 Å². The third kappa shape index (κ3) is 2.07. The Balaban J connectivity index is 2.19. The number of hydrogen-bond acceptors (Lipinski definition) is 4. The van der Waals surface area contributed by atoms with Gasteiger partial charge in [-0.1, -0.05) is 0 Å². The number of ether oxygens (including phenoxy) is 2. The molecule has 116 valence electrons. The molecule has 0 bridgehead atoms. The SMILES string of the molecule is CC(=O)C1=C(C)OC(C)=C[C@]12Nc1cc(C)c(C)c(Br)c1O2. The fourth-order valence-corrected chi connectivity index (χ4v) is 3.67. The Morgan fingerprint density at radius 1 is 1.27 bits per heavy atom. The van der Waals surface area contributed by atoms with Crippen molar-refractivity contribution in [3.05, 3.63) is 44.8 Å². The Kier molecular flexibility index (Phi) is 3.36. The minimum atomic E-state index is -0.997. The molecular formula is C17H18BrNO3. The van der Waals surface area contributed by atoms with E-state index in [4.69, 9.17) is 9.47 Å². The largest absolute Gasteiger partial charge is 0.466 e. The molecule has 2 aliphatic heterocycles. The molecule has 1 aromatic rings. The summed E-state index contributed by atoms with van der Waals surface area (Å²) in [7, 11) is 0. The highest BCUT2D eigenvalue weighted by Gasteiger charge is 2.47. The molecular weight excluding hydrogens is 346 g/mol. The predicted molar refractivity (Wildman–Crippen MR) is 88.8 cm³/mol. The van der Waals surface area contributed by atoms with Crippen molar-refractivity contribution < 1.29 is 14.3 Å². The maximum Gasteiger partial charge on any atom is 0.237 e. The van der Waals surface area contributed by atoms with Crippen LogP contribution in [-0.2, 0) is 9.53 Å². The van der Waals surface area contributed by atoms with Crippen molar-refractivity contribution in [2.45, 2.75) is 40.3 Å². The first-order valence-electron chi connectivity index (χ1n) is 7.11. The van der Waals surface area contributed by atoms with Gasteiger partial charge in [0, 0.05) is 6.08 Å². The lowest BCUT2D eigenvalue weighted by Crippen LogP contribution is -2.45. The van der Waals surface area contributed by atoms with Crippen LogP contribution >= 0.6 is 15.9 Å². The number of halogens is 1. The van der Waals surface area contributed by atoms with Crippen LogP contribution in [0.5, 0.6) is 5.75 Å². The molecule has 5 heteroatoms. The van der Waals surface area contributed by atoms with E-state index >= 15 is 0 Å². The summed E-state index contributed by atoms with van der Waals surface area (Å²) in [5.74, 6) is 1.91. The van der Waals surface area contributed by atoms with Crippen LogP contribution in [0.1, 0.15) is 31.9 Å². The lowest BCUT2D eigenvalue weighted by molar-refractivity contribution is -0.115. The zero-order valence-electron chi connectivity index (χ0n) is 13.3. The number of carbonyl (C=O) groups excluding carboxylic acids is 1. The molecule has 1 atom stereocenters. The summed E-state index contributed by atoms with van der Waals surface area (Å²) in [6, 6.07) is 2.04. The van der Waals surface area contributed by atoms with Gasteiger partial charge in [0.05, 0.1) is 10.2 Å². The molecule has 2 aliphatic rings. The van der Waals surface area contributed by atoms with Crippen molar-refractivity contribution in [3.63, 3.8) is 0 Å². The minimum Gasteiger partial charge on any atom is -0.466 e. The van der Waals surface area contributed by atoms with Gasteiger partial charge >= 0.3 is 0 Å². The molecule has 0 aliphatic carbocycles. The molecule has 1 N–H and O–H groups in total. The summed E-state index contributed by atoms with van der Waals surface area (Å²) in [5.41, 5.74) is 2.64. The molecule has 0 amide bonds. The van der Waals surface area contributed by atoms with E-state index in [0.29, 0.717) is 17.1 Å². The lowest BCUT2D eigenvalue weighted by atomic mass is 9.95. The monoisotopic (exact) mass is 363 g/mol. The van der Waals surface area contributed by atoms with Crippen LogP contribution in [0.15, 0.2) is 33.7 Å². The van der Waals surface area contributed by atoms with E-state index < -0.39 is 5.72 Å². The molecule has 3 rings (SSSR count). The number of ketones is 1. The zero-order chi connectivity index (χ0) is 16.2. The molecule has 0 fully saturated rings. The maximum atomic E-state index is 12.1. The van der Waals surface area contributed by atoms with Gasteiger partial charge in [0.25, 0.3) is 0 Å². The fraction of sp³-hybridized carbons (Fsp3) is 0.353. The molecule has 0 saturated heterocycles. The Morgan fingerprint density at radius 2 is 1.95 bits per heavy atom. The van der Waals surface area contributed by atoms with Gasteiger partial charge in [-0.3, -0.25) is 4.79 Å². The summed E-state index contributed by atoms with van der Waals surface area (Å²) in [6.45, 7) is 9.24. The van der Waals surface area contributed by atoms with Crippen molar-refractivity contribution in [2.75, 3.05) is 5.32 Å². The molecule has 1 spiro atoms. The fourth-order valence-electron chi connectivity index (χ4n) is 3.06. The summed E-state index contributed by atoms with van der Waals surface area (Å²) in [6.07, 6.45) is 1.81. The van der Waals surface area contributed by atoms with E-state index in [0.717, 1.165) is 27.0 Å². The van der Waals surface area contributed by atoms with Gasteiger partial charge in [0.15, 0.2) is 11.5 Å². The molecule has 0 unspecified atom stereocenters. The number of Topliss-reactive ketones (excluding diaryl/α,β-unsaturated/α-hetero) is 1. The van der Waals surface area contributed by atoms with Crippen molar-refractivity contribution in [3.8, 4) is 5.75 Å². The molecule has 0 aromatic heterocycles. The van der Waals surface area contributed by atoms with E-state index in [-0.39, 0.29) is 5.78 Å². The van der Waals surface area contributed by atoms with Crippen molar-refractivity contribution >= 4 is 27.4 Å². The molecule has 22 heavy (non-hydrogen) atoms.